The van der Waals surface area contributed by atoms with E-state index in [0.29, 0.717) is 0 Å². The van der Waals surface area contributed by atoms with Crippen LogP contribution in [0.2, 0.25) is 0 Å². The van der Waals surface area contributed by atoms with Gasteiger partial charge in [-0.15, -0.1) is 0 Å². The van der Waals surface area contributed by atoms with Gasteiger partial charge in [-0.05, 0) is 72.8 Å². The van der Waals surface area contributed by atoms with Crippen LogP contribution in [0.15, 0.2) is 211 Å². The van der Waals surface area contributed by atoms with Crippen LogP contribution in [0.25, 0.3) is 0 Å². The van der Waals surface area contributed by atoms with Crippen molar-refractivity contribution >= 4 is 21.8 Å². The summed E-state index contributed by atoms with van der Waals surface area (Å²) in [6.45, 7) is 4.00. The molecule has 0 saturated heterocycles. The molecule has 6 aromatic rings. The minimum atomic E-state index is -0.0146. The molecule has 0 aliphatic rings. The van der Waals surface area contributed by atoms with Crippen molar-refractivity contribution in [1.82, 2.24) is 0 Å². The second-order valence-electron chi connectivity index (χ2n) is 8.49. The summed E-state index contributed by atoms with van der Waals surface area (Å²) in [7, 11) is -0.0293. The third kappa shape index (κ3) is 8.02. The number of hydrogen-bond acceptors (Lipinski definition) is 0. The third-order valence-electron chi connectivity index (χ3n) is 5.87. The molecule has 0 amide bonds. The highest BCUT2D eigenvalue weighted by Gasteiger charge is 2.28. The van der Waals surface area contributed by atoms with Gasteiger partial charge in [-0.1, -0.05) is 123 Å². The maximum atomic E-state index is 2.21. The van der Waals surface area contributed by atoms with Crippen molar-refractivity contribution in [1.29, 1.82) is 0 Å². The Morgan fingerprint density at radius 1 is 0.225 bits per heavy atom. The molecule has 0 heterocycles. The highest BCUT2D eigenvalue weighted by Crippen LogP contribution is 2.31. The molecule has 0 radical (unpaired) electrons. The van der Waals surface area contributed by atoms with E-state index in [9.17, 15) is 0 Å². The summed E-state index contributed by atoms with van der Waals surface area (Å²) in [5.74, 6) is 0. The fourth-order valence-corrected chi connectivity index (χ4v) is 8.36. The molecule has 0 spiro atoms. The summed E-state index contributed by atoms with van der Waals surface area (Å²) in [4.78, 5) is 8.17. The molecule has 0 aliphatic heterocycles. The fraction of sp³-hybridized carbons (Fsp3) is 0.0526. The number of hydrogen-bond donors (Lipinski definition) is 0. The molecule has 0 unspecified atom stereocenters. The van der Waals surface area contributed by atoms with Gasteiger partial charge >= 0.3 is 0 Å². The minimum Gasteiger partial charge on any atom is -0.0683 e. The van der Waals surface area contributed by atoms with Gasteiger partial charge in [0, 0.05) is 0 Å². The first-order valence-corrected chi connectivity index (χ1v) is 16.1. The van der Waals surface area contributed by atoms with Gasteiger partial charge in [-0.25, -0.2) is 0 Å². The second kappa shape index (κ2) is 16.2. The maximum absolute atomic E-state index is 2.21. The van der Waals surface area contributed by atoms with Gasteiger partial charge in [-0.3, -0.25) is 0 Å². The molecule has 2 heteroatoms. The summed E-state index contributed by atoms with van der Waals surface area (Å²) in [6.07, 6.45) is 0. The number of benzene rings is 6. The predicted octanol–water partition coefficient (Wildman–Crippen LogP) is 10.6. The molecule has 0 N–H and O–H groups in total. The van der Waals surface area contributed by atoms with Crippen LogP contribution in [0.5, 0.6) is 0 Å². The Bertz CT molecular complexity index is 1170. The van der Waals surface area contributed by atoms with Crippen molar-refractivity contribution in [2.45, 2.75) is 43.2 Å². The van der Waals surface area contributed by atoms with Crippen LogP contribution in [0.3, 0.4) is 0 Å². The Morgan fingerprint density at radius 3 is 0.475 bits per heavy atom. The van der Waals surface area contributed by atoms with Crippen LogP contribution in [0, 0.1) is 0 Å². The quantitative estimate of drug-likeness (QED) is 0.179. The van der Waals surface area contributed by atoms with Crippen LogP contribution in [0.4, 0.5) is 0 Å². The smallest absolute Gasteiger partial charge is 0.0683 e. The van der Waals surface area contributed by atoms with E-state index < -0.39 is 0 Å². The van der Waals surface area contributed by atoms with Gasteiger partial charge in [-0.2, -0.15) is 0 Å². The first-order chi connectivity index (χ1) is 19.9. The van der Waals surface area contributed by atoms with Crippen molar-refractivity contribution in [2.24, 2.45) is 0 Å². The summed E-state index contributed by atoms with van der Waals surface area (Å²) in [5, 5.41) is 0. The maximum Gasteiger partial charge on any atom is 0.166 e. The van der Waals surface area contributed by atoms with Crippen LogP contribution in [-0.2, 0) is 21.8 Å². The molecule has 0 fully saturated rings. The molecule has 6 aromatic carbocycles. The normalized spacial score (nSPS) is 10.2. The standard InChI is InChI=1S/2C18H15S.C2H6/c2*1-4-10-16(11-5-1)19(17-12-6-2-7-13-17)18-14-8-3-9-15-18;1-2/h2*1-15H;1-2H3/q2*+1;. The summed E-state index contributed by atoms with van der Waals surface area (Å²) in [5.41, 5.74) is 0. The lowest BCUT2D eigenvalue weighted by Crippen LogP contribution is -2.04. The Labute approximate surface area is 246 Å². The fourth-order valence-electron chi connectivity index (χ4n) is 4.16. The Hall–Kier alpha value is -3.98. The predicted molar refractivity (Wildman–Crippen MR) is 174 cm³/mol. The average Bonchev–Trinajstić information content (AvgIpc) is 3.06. The van der Waals surface area contributed by atoms with Gasteiger partial charge in [0.2, 0.25) is 0 Å². The van der Waals surface area contributed by atoms with Crippen LogP contribution >= 0.6 is 0 Å². The van der Waals surface area contributed by atoms with Gasteiger partial charge in [0.1, 0.15) is 0 Å². The SMILES string of the molecule is CC.c1ccc([S+](c2ccccc2)c2ccccc2)cc1.c1ccc([S+](c2ccccc2)c2ccccc2)cc1. The van der Waals surface area contributed by atoms with Crippen molar-refractivity contribution in [3.63, 3.8) is 0 Å². The highest BCUT2D eigenvalue weighted by atomic mass is 32.2. The van der Waals surface area contributed by atoms with Crippen LogP contribution in [0.1, 0.15) is 13.8 Å². The van der Waals surface area contributed by atoms with Gasteiger partial charge < -0.3 is 0 Å². The van der Waals surface area contributed by atoms with Crippen molar-refractivity contribution in [2.75, 3.05) is 0 Å². The summed E-state index contributed by atoms with van der Waals surface area (Å²) >= 11 is 0. The lowest BCUT2D eigenvalue weighted by Gasteiger charge is -2.07. The lowest BCUT2D eigenvalue weighted by atomic mass is 10.4. The molecule has 0 aromatic heterocycles. The Kier molecular flexibility index (Phi) is 11.8. The van der Waals surface area contributed by atoms with Crippen molar-refractivity contribution < 1.29 is 0 Å². The molecule has 0 saturated carbocycles. The van der Waals surface area contributed by atoms with E-state index in [4.69, 9.17) is 0 Å². The van der Waals surface area contributed by atoms with Crippen LogP contribution in [-0.4, -0.2) is 0 Å². The monoisotopic (exact) mass is 556 g/mol. The Morgan fingerprint density at radius 2 is 0.350 bits per heavy atom. The van der Waals surface area contributed by atoms with E-state index >= 15 is 0 Å². The van der Waals surface area contributed by atoms with E-state index in [1.807, 2.05) is 13.8 Å². The lowest BCUT2D eigenvalue weighted by molar-refractivity contribution is 1.32. The van der Waals surface area contributed by atoms with Gasteiger partial charge in [0.25, 0.3) is 0 Å². The summed E-state index contributed by atoms with van der Waals surface area (Å²) < 4.78 is 0. The molecule has 198 valence electrons. The molecule has 0 aliphatic carbocycles. The van der Waals surface area contributed by atoms with E-state index in [2.05, 4.69) is 182 Å². The minimum absolute atomic E-state index is 0.0146. The van der Waals surface area contributed by atoms with Gasteiger partial charge in [0.15, 0.2) is 29.4 Å². The van der Waals surface area contributed by atoms with Crippen molar-refractivity contribution in [3.8, 4) is 0 Å². The first-order valence-electron chi connectivity index (χ1n) is 13.7. The largest absolute Gasteiger partial charge is 0.166 e. The zero-order valence-electron chi connectivity index (χ0n) is 23.1. The molecule has 0 nitrogen and oxygen atoms in total. The third-order valence-corrected chi connectivity index (χ3v) is 10.3. The molecule has 40 heavy (non-hydrogen) atoms. The van der Waals surface area contributed by atoms with E-state index in [-0.39, 0.29) is 21.8 Å². The first kappa shape index (κ1) is 29.0. The molecular weight excluding hydrogens is 521 g/mol. The van der Waals surface area contributed by atoms with Gasteiger partial charge in [0.05, 0.1) is 21.8 Å². The molecule has 0 bridgehead atoms. The molecule has 6 rings (SSSR count). The van der Waals surface area contributed by atoms with E-state index in [0.717, 1.165) is 0 Å². The topological polar surface area (TPSA) is 0 Å². The number of rotatable bonds is 6. The zero-order valence-corrected chi connectivity index (χ0v) is 24.8. The van der Waals surface area contributed by atoms with Crippen LogP contribution < -0.4 is 0 Å². The molecular formula is C38H36S2+2. The highest BCUT2D eigenvalue weighted by molar-refractivity contribution is 7.97. The zero-order chi connectivity index (χ0) is 27.8. The van der Waals surface area contributed by atoms with E-state index in [1.165, 1.54) is 29.4 Å². The average molecular weight is 557 g/mol. The second-order valence-corrected chi connectivity index (χ2v) is 12.5. The molecule has 0 atom stereocenters. The van der Waals surface area contributed by atoms with Crippen molar-refractivity contribution in [3.05, 3.63) is 182 Å². The summed E-state index contributed by atoms with van der Waals surface area (Å²) in [6, 6.07) is 64.3. The van der Waals surface area contributed by atoms with E-state index in [1.54, 1.807) is 0 Å². The Balaban J connectivity index is 0.000000174.